The van der Waals surface area contributed by atoms with E-state index in [2.05, 4.69) is 5.32 Å². The second kappa shape index (κ2) is 5.71. The fraction of sp³-hybridized carbons (Fsp3) is 0.500. The van der Waals surface area contributed by atoms with Crippen molar-refractivity contribution in [3.63, 3.8) is 0 Å². The van der Waals surface area contributed by atoms with Crippen LogP contribution in [0.2, 0.25) is 0 Å². The average molecular weight is 235 g/mol. The average Bonchev–Trinajstić information content (AvgIpc) is 2.24. The minimum Gasteiger partial charge on any atom is -0.444 e. The van der Waals surface area contributed by atoms with E-state index in [1.54, 1.807) is 0 Å². The fourth-order valence-corrected chi connectivity index (χ4v) is 1.56. The molecule has 0 aromatic heterocycles. The van der Waals surface area contributed by atoms with E-state index in [0.29, 0.717) is 0 Å². The number of benzene rings is 1. The van der Waals surface area contributed by atoms with Crippen molar-refractivity contribution in [2.75, 3.05) is 0 Å². The lowest BCUT2D eigenvalue weighted by molar-refractivity contribution is 0.0502. The molecule has 1 aromatic carbocycles. The van der Waals surface area contributed by atoms with Gasteiger partial charge in [-0.1, -0.05) is 37.3 Å². The summed E-state index contributed by atoms with van der Waals surface area (Å²) in [7, 11) is 0. The van der Waals surface area contributed by atoms with Crippen LogP contribution in [-0.2, 0) is 4.74 Å². The van der Waals surface area contributed by atoms with Crippen LogP contribution >= 0.6 is 0 Å². The molecule has 1 amide bonds. The van der Waals surface area contributed by atoms with E-state index in [1.165, 1.54) is 0 Å². The molecule has 0 aliphatic rings. The van der Waals surface area contributed by atoms with E-state index in [9.17, 15) is 4.79 Å². The Hall–Kier alpha value is -1.51. The zero-order chi connectivity index (χ0) is 12.9. The van der Waals surface area contributed by atoms with Crippen molar-refractivity contribution in [2.45, 2.75) is 45.8 Å². The third-order valence-electron chi connectivity index (χ3n) is 2.30. The molecule has 1 atom stereocenters. The van der Waals surface area contributed by atoms with Gasteiger partial charge in [-0.25, -0.2) is 4.79 Å². The zero-order valence-corrected chi connectivity index (χ0v) is 11.0. The summed E-state index contributed by atoms with van der Waals surface area (Å²) in [6.45, 7) is 7.61. The van der Waals surface area contributed by atoms with Crippen LogP contribution in [0.1, 0.15) is 45.7 Å². The maximum absolute atomic E-state index is 11.7. The number of amides is 1. The molecule has 1 aromatic rings. The summed E-state index contributed by atoms with van der Waals surface area (Å²) < 4.78 is 5.24. The predicted molar refractivity (Wildman–Crippen MR) is 68.8 cm³/mol. The first-order valence-electron chi connectivity index (χ1n) is 5.97. The fourth-order valence-electron chi connectivity index (χ4n) is 1.56. The van der Waals surface area contributed by atoms with Gasteiger partial charge < -0.3 is 10.1 Å². The topological polar surface area (TPSA) is 38.3 Å². The minimum absolute atomic E-state index is 0.00560. The molecule has 0 aliphatic carbocycles. The second-order valence-corrected chi connectivity index (χ2v) is 5.02. The summed E-state index contributed by atoms with van der Waals surface area (Å²) in [5.41, 5.74) is 0.639. The number of hydrogen-bond donors (Lipinski definition) is 1. The second-order valence-electron chi connectivity index (χ2n) is 5.02. The molecule has 1 rings (SSSR count). The van der Waals surface area contributed by atoms with E-state index >= 15 is 0 Å². The number of alkyl carbamates (subject to hydrolysis) is 1. The lowest BCUT2D eigenvalue weighted by Crippen LogP contribution is -2.34. The highest BCUT2D eigenvalue weighted by atomic mass is 16.6. The van der Waals surface area contributed by atoms with E-state index in [1.807, 2.05) is 58.0 Å². The van der Waals surface area contributed by atoms with Gasteiger partial charge >= 0.3 is 6.09 Å². The van der Waals surface area contributed by atoms with Crippen molar-refractivity contribution in [2.24, 2.45) is 0 Å². The Morgan fingerprint density at radius 3 is 2.35 bits per heavy atom. The molecule has 0 radical (unpaired) electrons. The highest BCUT2D eigenvalue weighted by molar-refractivity contribution is 5.68. The monoisotopic (exact) mass is 235 g/mol. The smallest absolute Gasteiger partial charge is 0.408 e. The molecule has 0 aliphatic heterocycles. The number of carbonyl (C=O) groups excluding carboxylic acids is 1. The summed E-state index contributed by atoms with van der Waals surface area (Å²) in [4.78, 5) is 11.7. The zero-order valence-electron chi connectivity index (χ0n) is 11.0. The van der Waals surface area contributed by atoms with Gasteiger partial charge in [0, 0.05) is 0 Å². The molecule has 17 heavy (non-hydrogen) atoms. The maximum atomic E-state index is 11.7. The van der Waals surface area contributed by atoms with E-state index in [-0.39, 0.29) is 12.1 Å². The van der Waals surface area contributed by atoms with Crippen LogP contribution in [0.25, 0.3) is 0 Å². The predicted octanol–water partition coefficient (Wildman–Crippen LogP) is 3.66. The molecule has 0 bridgehead atoms. The Morgan fingerprint density at radius 1 is 1.29 bits per heavy atom. The summed E-state index contributed by atoms with van der Waals surface area (Å²) in [5.74, 6) is 0. The van der Waals surface area contributed by atoms with E-state index < -0.39 is 5.60 Å². The molecule has 3 nitrogen and oxygen atoms in total. The Kier molecular flexibility index (Phi) is 4.55. The quantitative estimate of drug-likeness (QED) is 0.868. The van der Waals surface area contributed by atoms with E-state index in [4.69, 9.17) is 4.74 Å². The lowest BCUT2D eigenvalue weighted by atomic mass is 10.1. The van der Waals surface area contributed by atoms with Crippen LogP contribution in [0.5, 0.6) is 0 Å². The number of rotatable bonds is 3. The van der Waals surface area contributed by atoms with Crippen molar-refractivity contribution in [3.8, 4) is 0 Å². The summed E-state index contributed by atoms with van der Waals surface area (Å²) in [6.07, 6.45) is 0.469. The maximum Gasteiger partial charge on any atom is 0.408 e. The van der Waals surface area contributed by atoms with Gasteiger partial charge in [0.25, 0.3) is 0 Å². The van der Waals surface area contributed by atoms with Gasteiger partial charge in [-0.15, -0.1) is 0 Å². The first-order valence-corrected chi connectivity index (χ1v) is 5.97. The van der Waals surface area contributed by atoms with Gasteiger partial charge in [0.15, 0.2) is 0 Å². The molecular weight excluding hydrogens is 214 g/mol. The largest absolute Gasteiger partial charge is 0.444 e. The molecule has 0 unspecified atom stereocenters. The third-order valence-corrected chi connectivity index (χ3v) is 2.30. The van der Waals surface area contributed by atoms with Crippen molar-refractivity contribution in [1.29, 1.82) is 0 Å². The summed E-state index contributed by atoms with van der Waals surface area (Å²) in [5, 5.41) is 2.88. The summed E-state index contributed by atoms with van der Waals surface area (Å²) in [6, 6.07) is 9.91. The molecule has 0 saturated heterocycles. The number of hydrogen-bond acceptors (Lipinski definition) is 2. The molecule has 0 heterocycles. The van der Waals surface area contributed by atoms with Crippen molar-refractivity contribution in [3.05, 3.63) is 35.9 Å². The molecule has 0 fully saturated rings. The van der Waals surface area contributed by atoms with E-state index in [0.717, 1.165) is 12.0 Å². The Bertz CT molecular complexity index is 354. The van der Waals surface area contributed by atoms with Gasteiger partial charge in [-0.2, -0.15) is 0 Å². The number of carbonyl (C=O) groups is 1. The van der Waals surface area contributed by atoms with Gasteiger partial charge in [0.05, 0.1) is 6.04 Å². The first kappa shape index (κ1) is 13.6. The lowest BCUT2D eigenvalue weighted by Gasteiger charge is -2.23. The first-order chi connectivity index (χ1) is 7.92. The number of nitrogens with one attached hydrogen (secondary N) is 1. The van der Waals surface area contributed by atoms with Crippen LogP contribution < -0.4 is 5.32 Å². The van der Waals surface area contributed by atoms with Crippen LogP contribution in [0.15, 0.2) is 30.3 Å². The minimum atomic E-state index is -0.459. The third kappa shape index (κ3) is 4.89. The van der Waals surface area contributed by atoms with Crippen LogP contribution in [0, 0.1) is 0 Å². The summed E-state index contributed by atoms with van der Waals surface area (Å²) >= 11 is 0. The van der Waals surface area contributed by atoms with Crippen LogP contribution in [0.4, 0.5) is 4.79 Å². The molecular formula is C14H21NO2. The molecule has 94 valence electrons. The van der Waals surface area contributed by atoms with Crippen molar-refractivity contribution < 1.29 is 9.53 Å². The van der Waals surface area contributed by atoms with Crippen LogP contribution in [-0.4, -0.2) is 11.7 Å². The van der Waals surface area contributed by atoms with Crippen LogP contribution in [0.3, 0.4) is 0 Å². The Morgan fingerprint density at radius 2 is 1.88 bits per heavy atom. The standard InChI is InChI=1S/C14H21NO2/c1-5-12(11-9-7-6-8-10-11)15-13(16)17-14(2,3)4/h6-10,12H,5H2,1-4H3,(H,15,16)/t12-/m1/s1. The highest BCUT2D eigenvalue weighted by Crippen LogP contribution is 2.17. The van der Waals surface area contributed by atoms with Crippen molar-refractivity contribution >= 4 is 6.09 Å². The van der Waals surface area contributed by atoms with Crippen molar-refractivity contribution in [1.82, 2.24) is 5.32 Å². The Balaban J connectivity index is 2.62. The normalized spacial score (nSPS) is 12.9. The van der Waals surface area contributed by atoms with Gasteiger partial charge in [0.2, 0.25) is 0 Å². The van der Waals surface area contributed by atoms with Gasteiger partial charge in [-0.3, -0.25) is 0 Å². The molecule has 1 N–H and O–H groups in total. The van der Waals surface area contributed by atoms with Gasteiger partial charge in [0.1, 0.15) is 5.60 Å². The molecule has 0 spiro atoms. The Labute approximate surface area is 103 Å². The molecule has 0 saturated carbocycles. The SMILES string of the molecule is CC[C@@H](NC(=O)OC(C)(C)C)c1ccccc1. The van der Waals surface area contributed by atoms with Gasteiger partial charge in [-0.05, 0) is 32.8 Å². The number of ether oxygens (including phenoxy) is 1. The highest BCUT2D eigenvalue weighted by Gasteiger charge is 2.19. The molecule has 3 heteroatoms.